The lowest BCUT2D eigenvalue weighted by molar-refractivity contribution is -0.115. The first-order chi connectivity index (χ1) is 14.1. The fourth-order valence-corrected chi connectivity index (χ4v) is 3.67. The van der Waals surface area contributed by atoms with Crippen LogP contribution in [0.3, 0.4) is 0 Å². The topological polar surface area (TPSA) is 104 Å². The molecule has 1 aliphatic heterocycles. The van der Waals surface area contributed by atoms with Crippen LogP contribution in [0.4, 0.5) is 5.69 Å². The summed E-state index contributed by atoms with van der Waals surface area (Å²) in [6.07, 6.45) is 0.437. The van der Waals surface area contributed by atoms with Gasteiger partial charge in [0.05, 0.1) is 18.4 Å². The molecule has 2 heterocycles. The van der Waals surface area contributed by atoms with Gasteiger partial charge in [-0.25, -0.2) is 4.79 Å². The highest BCUT2D eigenvalue weighted by Gasteiger charge is 2.17. The van der Waals surface area contributed by atoms with E-state index in [1.54, 1.807) is 49.2 Å². The quantitative estimate of drug-likeness (QED) is 0.636. The minimum atomic E-state index is -0.541. The number of carbonyl (C=O) groups excluding carboxylic acids is 2. The van der Waals surface area contributed by atoms with Crippen LogP contribution in [0.15, 0.2) is 51.9 Å². The number of hydrogen-bond donors (Lipinski definition) is 1. The largest absolute Gasteiger partial charge is 0.497 e. The first kappa shape index (κ1) is 19.0. The number of methoxy groups -OCH3 is 1. The molecule has 0 spiro atoms. The number of ether oxygens (including phenoxy) is 2. The molecule has 0 unspecified atom stereocenters. The lowest BCUT2D eigenvalue weighted by Crippen LogP contribution is -2.11. The lowest BCUT2D eigenvalue weighted by Gasteiger charge is -2.08. The normalized spacial score (nSPS) is 13.2. The van der Waals surface area contributed by atoms with Crippen LogP contribution < -0.4 is 10.1 Å². The van der Waals surface area contributed by atoms with E-state index < -0.39 is 5.97 Å². The van der Waals surface area contributed by atoms with E-state index in [2.05, 4.69) is 15.5 Å². The van der Waals surface area contributed by atoms with Gasteiger partial charge in [0.1, 0.15) is 5.75 Å². The molecular formula is C20H17N3O5S. The monoisotopic (exact) mass is 411 g/mol. The molecule has 0 radical (unpaired) electrons. The molecule has 0 saturated heterocycles. The van der Waals surface area contributed by atoms with Crippen LogP contribution in [0.25, 0.3) is 11.4 Å². The molecule has 3 aromatic rings. The first-order valence-corrected chi connectivity index (χ1v) is 9.82. The standard InChI is InChI=1S/C20H17N3O5S/c1-26-14-5-2-12(3-6-14)19-22-18(28-23-19)11-27-20(25)13-4-7-16-15(10-13)21-17(24)8-9-29-16/h2-7,10H,8-9,11H2,1H3,(H,21,24). The summed E-state index contributed by atoms with van der Waals surface area (Å²) in [6.45, 7) is -0.153. The highest BCUT2D eigenvalue weighted by atomic mass is 32.2. The Kier molecular flexibility index (Phi) is 5.48. The fourth-order valence-electron chi connectivity index (χ4n) is 2.73. The molecular weight excluding hydrogens is 394 g/mol. The van der Waals surface area contributed by atoms with E-state index in [1.807, 2.05) is 12.1 Å². The van der Waals surface area contributed by atoms with E-state index in [4.69, 9.17) is 14.0 Å². The maximum absolute atomic E-state index is 12.4. The number of thioether (sulfide) groups is 1. The Bertz CT molecular complexity index is 1050. The van der Waals surface area contributed by atoms with Gasteiger partial charge in [0.15, 0.2) is 6.61 Å². The summed E-state index contributed by atoms with van der Waals surface area (Å²) in [6, 6.07) is 12.3. The molecule has 1 N–H and O–H groups in total. The Morgan fingerprint density at radius 1 is 1.24 bits per heavy atom. The Labute approximate surface area is 170 Å². The molecule has 0 aliphatic carbocycles. The first-order valence-electron chi connectivity index (χ1n) is 8.83. The van der Waals surface area contributed by atoms with E-state index in [9.17, 15) is 9.59 Å². The van der Waals surface area contributed by atoms with Gasteiger partial charge < -0.3 is 19.3 Å². The van der Waals surface area contributed by atoms with Crippen molar-refractivity contribution in [2.24, 2.45) is 0 Å². The van der Waals surface area contributed by atoms with Crippen molar-refractivity contribution < 1.29 is 23.6 Å². The number of carbonyl (C=O) groups is 2. The molecule has 1 aliphatic rings. The second-order valence-electron chi connectivity index (χ2n) is 6.17. The number of nitrogens with zero attached hydrogens (tertiary/aromatic N) is 2. The zero-order valence-electron chi connectivity index (χ0n) is 15.5. The molecule has 148 valence electrons. The molecule has 1 aromatic heterocycles. The van der Waals surface area contributed by atoms with E-state index >= 15 is 0 Å². The Hall–Kier alpha value is -3.33. The van der Waals surface area contributed by atoms with Gasteiger partial charge in [0, 0.05) is 22.6 Å². The van der Waals surface area contributed by atoms with Crippen LogP contribution >= 0.6 is 11.8 Å². The number of esters is 1. The number of hydrogen-bond acceptors (Lipinski definition) is 8. The Morgan fingerprint density at radius 2 is 2.07 bits per heavy atom. The predicted molar refractivity (Wildman–Crippen MR) is 106 cm³/mol. The summed E-state index contributed by atoms with van der Waals surface area (Å²) in [4.78, 5) is 29.3. The van der Waals surface area contributed by atoms with Gasteiger partial charge in [-0.2, -0.15) is 4.98 Å². The summed E-state index contributed by atoms with van der Waals surface area (Å²) >= 11 is 1.57. The number of nitrogens with one attached hydrogen (secondary N) is 1. The van der Waals surface area contributed by atoms with Crippen LogP contribution in [0.5, 0.6) is 5.75 Å². The minimum Gasteiger partial charge on any atom is -0.497 e. The molecule has 1 amide bonds. The fraction of sp³-hybridized carbons (Fsp3) is 0.200. The number of rotatable bonds is 5. The molecule has 0 atom stereocenters. The summed E-state index contributed by atoms with van der Waals surface area (Å²) in [5.74, 6) is 1.39. The third-order valence-electron chi connectivity index (χ3n) is 4.22. The molecule has 8 nitrogen and oxygen atoms in total. The predicted octanol–water partition coefficient (Wildman–Crippen LogP) is 3.54. The maximum Gasteiger partial charge on any atom is 0.338 e. The number of benzene rings is 2. The van der Waals surface area contributed by atoms with Crippen molar-refractivity contribution in [1.29, 1.82) is 0 Å². The smallest absolute Gasteiger partial charge is 0.338 e. The van der Waals surface area contributed by atoms with E-state index in [0.29, 0.717) is 29.2 Å². The van der Waals surface area contributed by atoms with Crippen molar-refractivity contribution in [2.45, 2.75) is 17.9 Å². The number of fused-ring (bicyclic) bond motifs is 1. The van der Waals surface area contributed by atoms with Crippen LogP contribution in [0.2, 0.25) is 0 Å². The zero-order valence-corrected chi connectivity index (χ0v) is 16.3. The van der Waals surface area contributed by atoms with Crippen LogP contribution in [0, 0.1) is 0 Å². The summed E-state index contributed by atoms with van der Waals surface area (Å²) in [5, 5.41) is 6.70. The SMILES string of the molecule is COc1ccc(-c2noc(COC(=O)c3ccc4c(c3)NC(=O)CCS4)n2)cc1. The molecule has 9 heteroatoms. The Morgan fingerprint density at radius 3 is 2.86 bits per heavy atom. The average molecular weight is 411 g/mol. The van der Waals surface area contributed by atoms with Crippen LogP contribution in [0.1, 0.15) is 22.7 Å². The lowest BCUT2D eigenvalue weighted by atomic mass is 10.2. The molecule has 0 bridgehead atoms. The Balaban J connectivity index is 1.41. The third kappa shape index (κ3) is 4.40. The van der Waals surface area contributed by atoms with E-state index in [1.165, 1.54) is 0 Å². The van der Waals surface area contributed by atoms with Gasteiger partial charge in [0.2, 0.25) is 11.7 Å². The van der Waals surface area contributed by atoms with Crippen molar-refractivity contribution >= 4 is 29.3 Å². The number of amides is 1. The van der Waals surface area contributed by atoms with E-state index in [0.717, 1.165) is 16.2 Å². The van der Waals surface area contributed by atoms with Gasteiger partial charge in [-0.3, -0.25) is 4.79 Å². The summed E-state index contributed by atoms with van der Waals surface area (Å²) in [7, 11) is 1.59. The highest BCUT2D eigenvalue weighted by Crippen LogP contribution is 2.31. The number of anilines is 1. The molecule has 2 aromatic carbocycles. The highest BCUT2D eigenvalue weighted by molar-refractivity contribution is 7.99. The van der Waals surface area contributed by atoms with Gasteiger partial charge in [-0.1, -0.05) is 5.16 Å². The van der Waals surface area contributed by atoms with Gasteiger partial charge in [0.25, 0.3) is 5.89 Å². The van der Waals surface area contributed by atoms with Crippen molar-refractivity contribution in [3.05, 3.63) is 53.9 Å². The average Bonchev–Trinajstić information content (AvgIpc) is 3.13. The number of aromatic nitrogens is 2. The zero-order chi connectivity index (χ0) is 20.2. The van der Waals surface area contributed by atoms with Crippen molar-refractivity contribution in [1.82, 2.24) is 10.1 Å². The summed E-state index contributed by atoms with van der Waals surface area (Å²) in [5.41, 5.74) is 1.71. The van der Waals surface area contributed by atoms with Gasteiger partial charge in [-0.05, 0) is 42.5 Å². The third-order valence-corrected chi connectivity index (χ3v) is 5.29. The van der Waals surface area contributed by atoms with Gasteiger partial charge >= 0.3 is 5.97 Å². The maximum atomic E-state index is 12.4. The molecule has 0 saturated carbocycles. The van der Waals surface area contributed by atoms with Gasteiger partial charge in [-0.15, -0.1) is 11.8 Å². The van der Waals surface area contributed by atoms with Crippen LogP contribution in [-0.4, -0.2) is 34.9 Å². The van der Waals surface area contributed by atoms with E-state index in [-0.39, 0.29) is 18.4 Å². The van der Waals surface area contributed by atoms with Crippen molar-refractivity contribution in [2.75, 3.05) is 18.2 Å². The summed E-state index contributed by atoms with van der Waals surface area (Å²) < 4.78 is 15.5. The second kappa shape index (κ2) is 8.36. The van der Waals surface area contributed by atoms with Crippen LogP contribution in [-0.2, 0) is 16.1 Å². The molecule has 0 fully saturated rings. The second-order valence-corrected chi connectivity index (χ2v) is 7.31. The van der Waals surface area contributed by atoms with Crippen molar-refractivity contribution in [3.8, 4) is 17.1 Å². The molecule has 4 rings (SSSR count). The van der Waals surface area contributed by atoms with Crippen molar-refractivity contribution in [3.63, 3.8) is 0 Å². The molecule has 29 heavy (non-hydrogen) atoms. The minimum absolute atomic E-state index is 0.0707.